The highest BCUT2D eigenvalue weighted by Crippen LogP contribution is 2.32. The zero-order chi connectivity index (χ0) is 14.5. The first-order chi connectivity index (χ1) is 9.61. The van der Waals surface area contributed by atoms with Crippen LogP contribution < -0.4 is 10.1 Å². The Balaban J connectivity index is 2.37. The van der Waals surface area contributed by atoms with Gasteiger partial charge in [0, 0.05) is 0 Å². The zero-order valence-electron chi connectivity index (χ0n) is 9.90. The molecule has 8 heteroatoms. The number of anilines is 2. The van der Waals surface area contributed by atoms with Crippen LogP contribution in [0.1, 0.15) is 0 Å². The Morgan fingerprint density at radius 1 is 1.40 bits per heavy atom. The summed E-state index contributed by atoms with van der Waals surface area (Å²) in [5, 5.41) is 11.3. The molecular weight excluding hydrogens is 306 g/mol. The molecule has 20 heavy (non-hydrogen) atoms. The molecule has 0 radical (unpaired) electrons. The number of nitriles is 1. The highest BCUT2D eigenvalue weighted by Gasteiger charge is 2.13. The van der Waals surface area contributed by atoms with Crippen molar-refractivity contribution in [2.24, 2.45) is 0 Å². The summed E-state index contributed by atoms with van der Waals surface area (Å²) < 4.78 is 19.0. The summed E-state index contributed by atoms with van der Waals surface area (Å²) in [7, 11) is 0. The molecule has 1 aromatic heterocycles. The second-order valence-corrected chi connectivity index (χ2v) is 4.27. The first-order valence-electron chi connectivity index (χ1n) is 5.35. The van der Waals surface area contributed by atoms with Gasteiger partial charge in [0.1, 0.15) is 22.5 Å². The third kappa shape index (κ3) is 3.26. The van der Waals surface area contributed by atoms with Gasteiger partial charge in [0.15, 0.2) is 18.2 Å². The Morgan fingerprint density at radius 2 is 2.20 bits per heavy atom. The van der Waals surface area contributed by atoms with E-state index in [2.05, 4.69) is 15.3 Å². The van der Waals surface area contributed by atoms with Crippen LogP contribution in [0.5, 0.6) is 5.75 Å². The van der Waals surface area contributed by atoms with E-state index in [0.29, 0.717) is 0 Å². The molecule has 2 rings (SSSR count). The lowest BCUT2D eigenvalue weighted by Gasteiger charge is -2.12. The average molecular weight is 313 g/mol. The van der Waals surface area contributed by atoms with E-state index in [0.717, 1.165) is 0 Å². The van der Waals surface area contributed by atoms with Crippen molar-refractivity contribution in [3.63, 3.8) is 0 Å². The molecule has 5 nitrogen and oxygen atoms in total. The molecule has 2 aromatic rings. The number of benzene rings is 1. The predicted molar refractivity (Wildman–Crippen MR) is 72.8 cm³/mol. The lowest BCUT2D eigenvalue weighted by Crippen LogP contribution is -2.03. The Bertz CT molecular complexity index is 675. The molecule has 0 fully saturated rings. The quantitative estimate of drug-likeness (QED) is 0.874. The standard InChI is InChI=1S/C12H7Cl2FN4O/c13-7-6-17-12(14)19-11(7)18-10-8(15)2-1-3-9(10)20-5-4-16/h1-3,6H,5H2,(H,17,18,19). The van der Waals surface area contributed by atoms with E-state index in [1.165, 1.54) is 24.4 Å². The topological polar surface area (TPSA) is 70.8 Å². The summed E-state index contributed by atoms with van der Waals surface area (Å²) in [6.07, 6.45) is 1.29. The van der Waals surface area contributed by atoms with Gasteiger partial charge in [0.2, 0.25) is 5.28 Å². The van der Waals surface area contributed by atoms with Crippen molar-refractivity contribution >= 4 is 34.7 Å². The SMILES string of the molecule is N#CCOc1cccc(F)c1Nc1nc(Cl)ncc1Cl. The fourth-order valence-corrected chi connectivity index (χ4v) is 1.68. The molecule has 0 saturated heterocycles. The molecule has 1 aromatic carbocycles. The Hall–Kier alpha value is -2.10. The van der Waals surface area contributed by atoms with Crippen molar-refractivity contribution in [1.29, 1.82) is 5.26 Å². The molecule has 0 aliphatic heterocycles. The van der Waals surface area contributed by atoms with Crippen molar-refractivity contribution in [2.45, 2.75) is 0 Å². The molecule has 0 saturated carbocycles. The molecule has 0 bridgehead atoms. The Labute approximate surface area is 123 Å². The van der Waals surface area contributed by atoms with E-state index >= 15 is 0 Å². The van der Waals surface area contributed by atoms with Gasteiger partial charge in [-0.3, -0.25) is 0 Å². The van der Waals surface area contributed by atoms with Crippen molar-refractivity contribution in [1.82, 2.24) is 9.97 Å². The van der Waals surface area contributed by atoms with Gasteiger partial charge in [-0.1, -0.05) is 17.7 Å². The van der Waals surface area contributed by atoms with Crippen LogP contribution in [0.15, 0.2) is 24.4 Å². The first-order valence-corrected chi connectivity index (χ1v) is 6.10. The minimum absolute atomic E-state index is 0.0133. The van der Waals surface area contributed by atoms with Crippen LogP contribution >= 0.6 is 23.2 Å². The van der Waals surface area contributed by atoms with E-state index in [-0.39, 0.29) is 34.2 Å². The van der Waals surface area contributed by atoms with Crippen LogP contribution in [-0.4, -0.2) is 16.6 Å². The number of hydrogen-bond donors (Lipinski definition) is 1. The summed E-state index contributed by atoms with van der Waals surface area (Å²) in [6.45, 7) is -0.212. The van der Waals surface area contributed by atoms with Gasteiger partial charge in [-0.15, -0.1) is 0 Å². The second-order valence-electron chi connectivity index (χ2n) is 3.52. The molecule has 0 spiro atoms. The van der Waals surface area contributed by atoms with Gasteiger partial charge in [-0.05, 0) is 23.7 Å². The van der Waals surface area contributed by atoms with E-state index in [1.807, 2.05) is 0 Å². The monoisotopic (exact) mass is 312 g/mol. The van der Waals surface area contributed by atoms with Crippen LogP contribution in [0.4, 0.5) is 15.9 Å². The fourth-order valence-electron chi connectivity index (χ4n) is 1.41. The fraction of sp³-hybridized carbons (Fsp3) is 0.0833. The van der Waals surface area contributed by atoms with Crippen LogP contribution in [0, 0.1) is 17.1 Å². The van der Waals surface area contributed by atoms with Crippen molar-refractivity contribution in [3.05, 3.63) is 40.5 Å². The van der Waals surface area contributed by atoms with Gasteiger partial charge in [-0.25, -0.2) is 9.37 Å². The van der Waals surface area contributed by atoms with Gasteiger partial charge < -0.3 is 10.1 Å². The number of aromatic nitrogens is 2. The summed E-state index contributed by atoms with van der Waals surface area (Å²) in [6, 6.07) is 6.01. The molecule has 1 N–H and O–H groups in total. The minimum atomic E-state index is -0.578. The zero-order valence-corrected chi connectivity index (χ0v) is 11.4. The van der Waals surface area contributed by atoms with E-state index in [4.69, 9.17) is 33.2 Å². The maximum atomic E-state index is 13.9. The smallest absolute Gasteiger partial charge is 0.224 e. The number of para-hydroxylation sites is 1. The van der Waals surface area contributed by atoms with Gasteiger partial charge in [0.05, 0.1) is 6.20 Å². The van der Waals surface area contributed by atoms with Crippen LogP contribution in [0.3, 0.4) is 0 Å². The van der Waals surface area contributed by atoms with Crippen LogP contribution in [-0.2, 0) is 0 Å². The Morgan fingerprint density at radius 3 is 2.95 bits per heavy atom. The highest BCUT2D eigenvalue weighted by molar-refractivity contribution is 6.33. The third-order valence-corrected chi connectivity index (χ3v) is 2.68. The molecule has 1 heterocycles. The van der Waals surface area contributed by atoms with Gasteiger partial charge in [-0.2, -0.15) is 10.2 Å². The number of hydrogen-bond acceptors (Lipinski definition) is 5. The van der Waals surface area contributed by atoms with E-state index < -0.39 is 5.82 Å². The second kappa shape index (κ2) is 6.37. The number of rotatable bonds is 4. The third-order valence-electron chi connectivity index (χ3n) is 2.23. The number of ether oxygens (including phenoxy) is 1. The molecule has 0 aliphatic carbocycles. The largest absolute Gasteiger partial charge is 0.476 e. The van der Waals surface area contributed by atoms with E-state index in [1.54, 1.807) is 6.07 Å². The maximum absolute atomic E-state index is 13.9. The Kier molecular flexibility index (Phi) is 4.56. The van der Waals surface area contributed by atoms with Crippen molar-refractivity contribution in [3.8, 4) is 11.8 Å². The summed E-state index contributed by atoms with van der Waals surface area (Å²) in [5.74, 6) is -0.276. The molecule has 0 aliphatic rings. The molecular formula is C12H7Cl2FN4O. The molecule has 102 valence electrons. The number of nitrogens with zero attached hydrogens (tertiary/aromatic N) is 3. The van der Waals surface area contributed by atoms with Crippen molar-refractivity contribution < 1.29 is 9.13 Å². The molecule has 0 unspecified atom stereocenters. The molecule has 0 atom stereocenters. The normalized spacial score (nSPS) is 9.90. The number of halogens is 3. The first kappa shape index (κ1) is 14.3. The predicted octanol–water partition coefficient (Wildman–Crippen LogP) is 3.57. The highest BCUT2D eigenvalue weighted by atomic mass is 35.5. The maximum Gasteiger partial charge on any atom is 0.224 e. The molecule has 0 amide bonds. The average Bonchev–Trinajstić information content (AvgIpc) is 2.43. The summed E-state index contributed by atoms with van der Waals surface area (Å²) in [4.78, 5) is 7.54. The van der Waals surface area contributed by atoms with E-state index in [9.17, 15) is 4.39 Å². The summed E-state index contributed by atoms with van der Waals surface area (Å²) in [5.41, 5.74) is 0.0133. The van der Waals surface area contributed by atoms with Crippen LogP contribution in [0.2, 0.25) is 10.3 Å². The lowest BCUT2D eigenvalue weighted by molar-refractivity contribution is 0.368. The van der Waals surface area contributed by atoms with Crippen LogP contribution in [0.25, 0.3) is 0 Å². The summed E-state index contributed by atoms with van der Waals surface area (Å²) >= 11 is 11.6. The minimum Gasteiger partial charge on any atom is -0.476 e. The lowest BCUT2D eigenvalue weighted by atomic mass is 10.2. The van der Waals surface area contributed by atoms with Gasteiger partial charge >= 0.3 is 0 Å². The number of nitrogens with one attached hydrogen (secondary N) is 1. The van der Waals surface area contributed by atoms with Gasteiger partial charge in [0.25, 0.3) is 0 Å². The van der Waals surface area contributed by atoms with Crippen molar-refractivity contribution in [2.75, 3.05) is 11.9 Å².